The van der Waals surface area contributed by atoms with Gasteiger partial charge in [0.25, 0.3) is 0 Å². The fourth-order valence-electron chi connectivity index (χ4n) is 1.45. The van der Waals surface area contributed by atoms with Crippen LogP contribution < -0.4 is 0 Å². The molecule has 0 radical (unpaired) electrons. The van der Waals surface area contributed by atoms with E-state index in [0.717, 1.165) is 25.7 Å². The highest BCUT2D eigenvalue weighted by atomic mass is 16.4. The first-order chi connectivity index (χ1) is 6.30. The van der Waals surface area contributed by atoms with Gasteiger partial charge in [-0.15, -0.1) is 0 Å². The number of hydrogen-bond acceptors (Lipinski definition) is 1. The molecule has 1 atom stereocenters. The van der Waals surface area contributed by atoms with Crippen LogP contribution in [0.25, 0.3) is 0 Å². The minimum atomic E-state index is -0.668. The summed E-state index contributed by atoms with van der Waals surface area (Å²) in [6.45, 7) is 0. The van der Waals surface area contributed by atoms with E-state index < -0.39 is 5.97 Å². The molecule has 0 amide bonds. The highest BCUT2D eigenvalue weighted by molar-refractivity contribution is 5.70. The average Bonchev–Trinajstić information content (AvgIpc) is 2.14. The second-order valence-electron chi connectivity index (χ2n) is 3.37. The maximum atomic E-state index is 10.8. The maximum Gasteiger partial charge on any atom is 0.306 e. The highest BCUT2D eigenvalue weighted by Crippen LogP contribution is 2.14. The third kappa shape index (κ3) is 3.92. The third-order valence-corrected chi connectivity index (χ3v) is 2.28. The van der Waals surface area contributed by atoms with Crippen LogP contribution in [0.4, 0.5) is 0 Å². The summed E-state index contributed by atoms with van der Waals surface area (Å²) in [5, 5.41) is 8.86. The smallest absolute Gasteiger partial charge is 0.306 e. The minimum absolute atomic E-state index is 0.195. The number of rotatable bonds is 1. The molecule has 1 rings (SSSR count). The zero-order chi connectivity index (χ0) is 9.52. The van der Waals surface area contributed by atoms with Crippen LogP contribution in [0.2, 0.25) is 0 Å². The maximum absolute atomic E-state index is 10.8. The van der Waals surface area contributed by atoms with Crippen LogP contribution in [-0.4, -0.2) is 11.1 Å². The van der Waals surface area contributed by atoms with Crippen molar-refractivity contribution in [2.75, 3.05) is 0 Å². The first-order valence-corrected chi connectivity index (χ1v) is 4.83. The van der Waals surface area contributed by atoms with Crippen molar-refractivity contribution >= 4 is 5.97 Å². The van der Waals surface area contributed by atoms with Gasteiger partial charge in [-0.3, -0.25) is 4.79 Å². The van der Waals surface area contributed by atoms with E-state index in [0.29, 0.717) is 6.42 Å². The molecule has 1 aliphatic rings. The molecule has 0 saturated carbocycles. The van der Waals surface area contributed by atoms with Gasteiger partial charge in [0.1, 0.15) is 0 Å². The van der Waals surface area contributed by atoms with Crippen molar-refractivity contribution < 1.29 is 9.90 Å². The number of allylic oxidation sites excluding steroid dienone is 4. The summed E-state index contributed by atoms with van der Waals surface area (Å²) in [5.74, 6) is -0.863. The second-order valence-corrected chi connectivity index (χ2v) is 3.37. The van der Waals surface area contributed by atoms with Gasteiger partial charge in [0, 0.05) is 0 Å². The fraction of sp³-hybridized carbons (Fsp3) is 0.545. The van der Waals surface area contributed by atoms with Gasteiger partial charge >= 0.3 is 5.97 Å². The van der Waals surface area contributed by atoms with E-state index in [-0.39, 0.29) is 5.92 Å². The van der Waals surface area contributed by atoms with Gasteiger partial charge in [-0.25, -0.2) is 0 Å². The molecule has 0 aromatic rings. The third-order valence-electron chi connectivity index (χ3n) is 2.28. The molecule has 2 heteroatoms. The van der Waals surface area contributed by atoms with Gasteiger partial charge in [-0.05, 0) is 32.1 Å². The summed E-state index contributed by atoms with van der Waals surface area (Å²) in [7, 11) is 0. The Kier molecular flexibility index (Phi) is 4.30. The lowest BCUT2D eigenvalue weighted by atomic mass is 9.98. The van der Waals surface area contributed by atoms with E-state index in [9.17, 15) is 4.79 Å². The lowest BCUT2D eigenvalue weighted by Crippen LogP contribution is -2.12. The summed E-state index contributed by atoms with van der Waals surface area (Å²) < 4.78 is 0. The van der Waals surface area contributed by atoms with Crippen molar-refractivity contribution in [1.82, 2.24) is 0 Å². The van der Waals surface area contributed by atoms with Gasteiger partial charge in [0.15, 0.2) is 0 Å². The summed E-state index contributed by atoms with van der Waals surface area (Å²) in [5.41, 5.74) is 0. The van der Waals surface area contributed by atoms with Gasteiger partial charge in [-0.1, -0.05) is 24.3 Å². The zero-order valence-corrected chi connectivity index (χ0v) is 7.78. The van der Waals surface area contributed by atoms with Crippen molar-refractivity contribution in [1.29, 1.82) is 0 Å². The number of carboxylic acid groups (broad SMARTS) is 1. The molecule has 0 spiro atoms. The van der Waals surface area contributed by atoms with Crippen LogP contribution in [0.5, 0.6) is 0 Å². The van der Waals surface area contributed by atoms with E-state index in [2.05, 4.69) is 18.2 Å². The van der Waals surface area contributed by atoms with Crippen molar-refractivity contribution in [2.24, 2.45) is 5.92 Å². The average molecular weight is 180 g/mol. The lowest BCUT2D eigenvalue weighted by molar-refractivity contribution is -0.141. The quantitative estimate of drug-likeness (QED) is 0.630. The van der Waals surface area contributed by atoms with Gasteiger partial charge in [0.2, 0.25) is 0 Å². The SMILES string of the molecule is O=C(O)C1C/C=C/CC/C=C\CC1. The van der Waals surface area contributed by atoms with Crippen molar-refractivity contribution in [3.8, 4) is 0 Å². The molecular weight excluding hydrogens is 164 g/mol. The molecular formula is C11H16O2. The molecule has 72 valence electrons. The second kappa shape index (κ2) is 5.57. The molecule has 0 saturated heterocycles. The minimum Gasteiger partial charge on any atom is -0.481 e. The molecule has 0 heterocycles. The highest BCUT2D eigenvalue weighted by Gasteiger charge is 2.14. The predicted molar refractivity (Wildman–Crippen MR) is 52.5 cm³/mol. The number of hydrogen-bond donors (Lipinski definition) is 1. The van der Waals surface area contributed by atoms with E-state index in [4.69, 9.17) is 5.11 Å². The lowest BCUT2D eigenvalue weighted by Gasteiger charge is -2.08. The Bertz CT molecular complexity index is 216. The monoisotopic (exact) mass is 180 g/mol. The van der Waals surface area contributed by atoms with Crippen LogP contribution in [0.1, 0.15) is 32.1 Å². The summed E-state index contributed by atoms with van der Waals surface area (Å²) >= 11 is 0. The Morgan fingerprint density at radius 1 is 1.08 bits per heavy atom. The largest absolute Gasteiger partial charge is 0.481 e. The van der Waals surface area contributed by atoms with Crippen LogP contribution in [0.15, 0.2) is 24.3 Å². The van der Waals surface area contributed by atoms with Crippen LogP contribution in [0.3, 0.4) is 0 Å². The van der Waals surface area contributed by atoms with Crippen LogP contribution in [-0.2, 0) is 4.79 Å². The standard InChI is InChI=1S/C11H16O2/c12-11(13)10-8-6-4-2-1-3-5-7-9-10/h2,4-5,7,10H,1,3,6,8-9H2,(H,12,13)/b4-2-,7-5+. The molecule has 0 aliphatic heterocycles. The number of aliphatic carboxylic acids is 1. The molecule has 0 bridgehead atoms. The normalized spacial score (nSPS) is 29.1. The molecule has 1 unspecified atom stereocenters. The van der Waals surface area contributed by atoms with Crippen molar-refractivity contribution in [2.45, 2.75) is 32.1 Å². The number of carbonyl (C=O) groups is 1. The van der Waals surface area contributed by atoms with Crippen LogP contribution >= 0.6 is 0 Å². The van der Waals surface area contributed by atoms with Gasteiger partial charge in [-0.2, -0.15) is 0 Å². The first kappa shape index (κ1) is 10.0. The van der Waals surface area contributed by atoms with E-state index in [1.54, 1.807) is 0 Å². The van der Waals surface area contributed by atoms with E-state index in [1.807, 2.05) is 6.08 Å². The van der Waals surface area contributed by atoms with E-state index >= 15 is 0 Å². The Labute approximate surface area is 79.0 Å². The molecule has 13 heavy (non-hydrogen) atoms. The molecule has 0 fully saturated rings. The van der Waals surface area contributed by atoms with Gasteiger partial charge < -0.3 is 5.11 Å². The molecule has 1 aliphatic carbocycles. The first-order valence-electron chi connectivity index (χ1n) is 4.83. The zero-order valence-electron chi connectivity index (χ0n) is 7.78. The summed E-state index contributed by atoms with van der Waals surface area (Å²) in [6, 6.07) is 0. The Hall–Kier alpha value is -1.05. The Morgan fingerprint density at radius 2 is 1.69 bits per heavy atom. The topological polar surface area (TPSA) is 37.3 Å². The molecule has 1 N–H and O–H groups in total. The summed E-state index contributed by atoms with van der Waals surface area (Å²) in [6.07, 6.45) is 12.7. The predicted octanol–water partition coefficient (Wildman–Crippen LogP) is 2.76. The fourth-order valence-corrected chi connectivity index (χ4v) is 1.45. The molecule has 0 aromatic carbocycles. The van der Waals surface area contributed by atoms with Crippen molar-refractivity contribution in [3.63, 3.8) is 0 Å². The van der Waals surface area contributed by atoms with Crippen molar-refractivity contribution in [3.05, 3.63) is 24.3 Å². The molecule has 2 nitrogen and oxygen atoms in total. The Balaban J connectivity index is 2.49. The van der Waals surface area contributed by atoms with Crippen LogP contribution in [0, 0.1) is 5.92 Å². The summed E-state index contributed by atoms with van der Waals surface area (Å²) in [4.78, 5) is 10.8. The number of carboxylic acids is 1. The van der Waals surface area contributed by atoms with Gasteiger partial charge in [0.05, 0.1) is 5.92 Å². The Morgan fingerprint density at radius 3 is 2.38 bits per heavy atom. The molecule has 0 aromatic heterocycles. The van der Waals surface area contributed by atoms with E-state index in [1.165, 1.54) is 0 Å².